The third-order valence-corrected chi connectivity index (χ3v) is 4.78. The van der Waals surface area contributed by atoms with E-state index in [-0.39, 0.29) is 5.56 Å². The van der Waals surface area contributed by atoms with Gasteiger partial charge in [0.25, 0.3) is 0 Å². The van der Waals surface area contributed by atoms with Crippen LogP contribution in [-0.2, 0) is 0 Å². The van der Waals surface area contributed by atoms with Gasteiger partial charge in [0.1, 0.15) is 16.8 Å². The summed E-state index contributed by atoms with van der Waals surface area (Å²) in [4.78, 5) is 28.4. The minimum atomic E-state index is -1.22. The Morgan fingerprint density at radius 3 is 2.60 bits per heavy atom. The number of carboxylic acids is 1. The zero-order chi connectivity index (χ0) is 17.7. The summed E-state index contributed by atoms with van der Waals surface area (Å²) in [5.41, 5.74) is 0.833. The zero-order valence-electron chi connectivity index (χ0n) is 14.2. The number of allylic oxidation sites excluding steroid dienone is 1. The highest BCUT2D eigenvalue weighted by Gasteiger charge is 2.25. The van der Waals surface area contributed by atoms with Crippen molar-refractivity contribution in [3.05, 3.63) is 39.9 Å². The van der Waals surface area contributed by atoms with Crippen molar-refractivity contribution < 1.29 is 14.6 Å². The minimum Gasteiger partial charge on any atom is -0.477 e. The smallest absolute Gasteiger partial charge is 0.341 e. The number of pyridine rings is 1. The second-order valence-corrected chi connectivity index (χ2v) is 6.53. The number of nitrogens with zero attached hydrogens (tertiary/aromatic N) is 3. The van der Waals surface area contributed by atoms with Crippen LogP contribution in [0.3, 0.4) is 0 Å². The monoisotopic (exact) mass is 341 g/mol. The van der Waals surface area contributed by atoms with Crippen molar-refractivity contribution in [2.24, 2.45) is 0 Å². The molecule has 1 N–H and O–H groups in total. The van der Waals surface area contributed by atoms with Gasteiger partial charge in [-0.25, -0.2) is 4.79 Å². The zero-order valence-corrected chi connectivity index (χ0v) is 14.2. The van der Waals surface area contributed by atoms with E-state index in [0.717, 1.165) is 31.9 Å². The van der Waals surface area contributed by atoms with Gasteiger partial charge in [0.05, 0.1) is 11.1 Å². The Morgan fingerprint density at radius 1 is 1.20 bits per heavy atom. The van der Waals surface area contributed by atoms with Crippen molar-refractivity contribution in [1.29, 1.82) is 0 Å². The van der Waals surface area contributed by atoms with E-state index in [0.29, 0.717) is 22.4 Å². The standard InChI is InChI=1S/C18H19N3O4/c1-11-9-21-10-13(18(23)24)16(22)12-3-4-14(17(25-11)15(12)21)20-7-5-19(2)6-8-20/h3-4,9-10H,5-8H2,1-2H3,(H,23,24). The number of benzene rings is 1. The maximum absolute atomic E-state index is 12.5. The van der Waals surface area contributed by atoms with E-state index < -0.39 is 11.4 Å². The first-order valence-corrected chi connectivity index (χ1v) is 8.20. The van der Waals surface area contributed by atoms with Crippen molar-refractivity contribution in [1.82, 2.24) is 9.47 Å². The Hall–Kier alpha value is -2.80. The topological polar surface area (TPSA) is 75.0 Å². The SMILES string of the molecule is CC1=Cn2cc(C(=O)O)c(=O)c3ccc(N4CCN(C)CC4)c(c32)O1. The summed E-state index contributed by atoms with van der Waals surface area (Å²) in [5.74, 6) is 0.0457. The molecule has 0 spiro atoms. The number of carbonyl (C=O) groups is 1. The molecule has 1 aromatic heterocycles. The number of hydrogen-bond acceptors (Lipinski definition) is 5. The third-order valence-electron chi connectivity index (χ3n) is 4.78. The first-order chi connectivity index (χ1) is 12.0. The molecule has 0 bridgehead atoms. The van der Waals surface area contributed by atoms with Crippen LogP contribution in [0.25, 0.3) is 17.1 Å². The molecule has 7 heteroatoms. The van der Waals surface area contributed by atoms with E-state index in [1.807, 2.05) is 13.0 Å². The fourth-order valence-corrected chi connectivity index (χ4v) is 3.44. The summed E-state index contributed by atoms with van der Waals surface area (Å²) in [5, 5.41) is 9.66. The molecule has 1 fully saturated rings. The van der Waals surface area contributed by atoms with Crippen molar-refractivity contribution >= 4 is 28.8 Å². The maximum atomic E-state index is 12.5. The lowest BCUT2D eigenvalue weighted by Crippen LogP contribution is -2.44. The molecule has 3 heterocycles. The van der Waals surface area contributed by atoms with Gasteiger partial charge in [-0.1, -0.05) is 0 Å². The summed E-state index contributed by atoms with van der Waals surface area (Å²) in [7, 11) is 2.09. The Bertz CT molecular complexity index is 968. The molecule has 2 aliphatic heterocycles. The number of aromatic nitrogens is 1. The van der Waals surface area contributed by atoms with Crippen molar-refractivity contribution in [3.8, 4) is 5.75 Å². The van der Waals surface area contributed by atoms with E-state index >= 15 is 0 Å². The summed E-state index contributed by atoms with van der Waals surface area (Å²) in [6.45, 7) is 5.47. The molecule has 0 atom stereocenters. The average molecular weight is 341 g/mol. The van der Waals surface area contributed by atoms with Crippen LogP contribution < -0.4 is 15.1 Å². The Kier molecular flexibility index (Phi) is 3.54. The van der Waals surface area contributed by atoms with E-state index in [4.69, 9.17) is 4.74 Å². The Morgan fingerprint density at radius 2 is 1.92 bits per heavy atom. The minimum absolute atomic E-state index is 0.239. The molecule has 7 nitrogen and oxygen atoms in total. The van der Waals surface area contributed by atoms with Crippen LogP contribution in [0.15, 0.2) is 28.9 Å². The molecule has 0 amide bonds. The second kappa shape index (κ2) is 5.63. The molecular weight excluding hydrogens is 322 g/mol. The van der Waals surface area contributed by atoms with Crippen LogP contribution in [-0.4, -0.2) is 53.8 Å². The van der Waals surface area contributed by atoms with Gasteiger partial charge in [0.15, 0.2) is 5.75 Å². The molecule has 0 radical (unpaired) electrons. The van der Waals surface area contributed by atoms with Crippen molar-refractivity contribution in [2.75, 3.05) is 38.1 Å². The number of carboxylic acid groups (broad SMARTS) is 1. The van der Waals surface area contributed by atoms with Crippen LogP contribution in [0.1, 0.15) is 17.3 Å². The molecule has 0 saturated carbocycles. The summed E-state index contributed by atoms with van der Waals surface area (Å²) >= 11 is 0. The highest BCUT2D eigenvalue weighted by Crippen LogP contribution is 2.39. The molecule has 4 rings (SSSR count). The Balaban J connectivity index is 1.95. The van der Waals surface area contributed by atoms with Gasteiger partial charge in [0.2, 0.25) is 5.43 Å². The van der Waals surface area contributed by atoms with Gasteiger partial charge in [-0.05, 0) is 26.1 Å². The fraction of sp³-hybridized carbons (Fsp3) is 0.333. The lowest BCUT2D eigenvalue weighted by atomic mass is 10.1. The number of anilines is 1. The second-order valence-electron chi connectivity index (χ2n) is 6.53. The molecule has 1 saturated heterocycles. The third kappa shape index (κ3) is 2.47. The van der Waals surface area contributed by atoms with Crippen LogP contribution in [0.5, 0.6) is 5.75 Å². The first kappa shape index (κ1) is 15.7. The molecular formula is C18H19N3O4. The highest BCUT2D eigenvalue weighted by molar-refractivity contribution is 5.98. The quantitative estimate of drug-likeness (QED) is 0.895. The van der Waals surface area contributed by atoms with Gasteiger partial charge in [0, 0.05) is 38.6 Å². The number of ether oxygens (including phenoxy) is 1. The van der Waals surface area contributed by atoms with E-state index in [2.05, 4.69) is 16.8 Å². The van der Waals surface area contributed by atoms with Gasteiger partial charge in [-0.3, -0.25) is 4.79 Å². The molecule has 0 aliphatic carbocycles. The lowest BCUT2D eigenvalue weighted by Gasteiger charge is -2.35. The van der Waals surface area contributed by atoms with E-state index in [1.165, 1.54) is 6.20 Å². The predicted molar refractivity (Wildman–Crippen MR) is 95.5 cm³/mol. The number of piperazine rings is 1. The molecule has 1 aromatic carbocycles. The van der Waals surface area contributed by atoms with E-state index in [1.54, 1.807) is 16.8 Å². The maximum Gasteiger partial charge on any atom is 0.341 e. The van der Waals surface area contributed by atoms with Gasteiger partial charge >= 0.3 is 5.97 Å². The largest absolute Gasteiger partial charge is 0.477 e. The summed E-state index contributed by atoms with van der Waals surface area (Å²) < 4.78 is 7.66. The van der Waals surface area contributed by atoms with Crippen LogP contribution in [0.4, 0.5) is 5.69 Å². The number of rotatable bonds is 2. The van der Waals surface area contributed by atoms with Crippen molar-refractivity contribution in [3.63, 3.8) is 0 Å². The molecule has 0 unspecified atom stereocenters. The number of aromatic carboxylic acids is 1. The molecule has 2 aliphatic rings. The van der Waals surface area contributed by atoms with Gasteiger partial charge in [-0.15, -0.1) is 0 Å². The summed E-state index contributed by atoms with van der Waals surface area (Å²) in [6, 6.07) is 3.56. The summed E-state index contributed by atoms with van der Waals surface area (Å²) in [6.07, 6.45) is 3.07. The van der Waals surface area contributed by atoms with E-state index in [9.17, 15) is 14.7 Å². The van der Waals surface area contributed by atoms with Crippen LogP contribution in [0.2, 0.25) is 0 Å². The van der Waals surface area contributed by atoms with Crippen molar-refractivity contribution in [2.45, 2.75) is 6.92 Å². The predicted octanol–water partition coefficient (Wildman–Crippen LogP) is 1.66. The Labute approximate surface area is 144 Å². The first-order valence-electron chi connectivity index (χ1n) is 8.20. The number of hydrogen-bond donors (Lipinski definition) is 1. The molecule has 130 valence electrons. The van der Waals surface area contributed by atoms with Crippen LogP contribution in [0, 0.1) is 0 Å². The lowest BCUT2D eigenvalue weighted by molar-refractivity contribution is 0.0695. The van der Waals surface area contributed by atoms with Gasteiger partial charge < -0.3 is 24.2 Å². The highest BCUT2D eigenvalue weighted by atomic mass is 16.5. The average Bonchev–Trinajstić information content (AvgIpc) is 2.58. The molecule has 2 aromatic rings. The van der Waals surface area contributed by atoms with Crippen LogP contribution >= 0.6 is 0 Å². The fourth-order valence-electron chi connectivity index (χ4n) is 3.44. The number of likely N-dealkylation sites (N-methyl/N-ethyl adjacent to an activating group) is 1. The molecule has 25 heavy (non-hydrogen) atoms. The van der Waals surface area contributed by atoms with Gasteiger partial charge in [-0.2, -0.15) is 0 Å². The normalized spacial score (nSPS) is 17.4.